The maximum Gasteiger partial charge on any atom is 0.160 e. The molecule has 1 aliphatic rings. The Morgan fingerprint density at radius 1 is 1.18 bits per heavy atom. The Bertz CT molecular complexity index is 359. The van der Waals surface area contributed by atoms with Gasteiger partial charge in [-0.2, -0.15) is 0 Å². The molecular formula is C14H21NO2. The largest absolute Gasteiger partial charge is 0.493 e. The van der Waals surface area contributed by atoms with E-state index in [1.807, 2.05) is 6.07 Å². The summed E-state index contributed by atoms with van der Waals surface area (Å²) in [6.45, 7) is 1.15. The number of nitrogens with one attached hydrogen (secondary N) is 1. The van der Waals surface area contributed by atoms with Gasteiger partial charge in [-0.1, -0.05) is 12.5 Å². The third-order valence-corrected chi connectivity index (χ3v) is 3.34. The second-order valence-corrected chi connectivity index (χ2v) is 4.54. The van der Waals surface area contributed by atoms with Gasteiger partial charge in [0.25, 0.3) is 0 Å². The van der Waals surface area contributed by atoms with E-state index in [1.165, 1.54) is 24.8 Å². The van der Waals surface area contributed by atoms with Gasteiger partial charge in [0.15, 0.2) is 11.5 Å². The van der Waals surface area contributed by atoms with Crippen LogP contribution in [-0.2, 0) is 6.42 Å². The molecule has 1 saturated heterocycles. The van der Waals surface area contributed by atoms with Crippen LogP contribution >= 0.6 is 0 Å². The fourth-order valence-electron chi connectivity index (χ4n) is 2.39. The van der Waals surface area contributed by atoms with E-state index in [-0.39, 0.29) is 0 Å². The van der Waals surface area contributed by atoms with Crippen LogP contribution in [0, 0.1) is 0 Å². The van der Waals surface area contributed by atoms with E-state index in [1.54, 1.807) is 14.2 Å². The molecule has 0 spiro atoms. The molecule has 1 heterocycles. The first kappa shape index (κ1) is 12.2. The maximum atomic E-state index is 5.32. The van der Waals surface area contributed by atoms with Crippen molar-refractivity contribution in [3.8, 4) is 11.5 Å². The summed E-state index contributed by atoms with van der Waals surface area (Å²) in [5.74, 6) is 1.62. The molecule has 94 valence electrons. The number of piperidine rings is 1. The van der Waals surface area contributed by atoms with E-state index in [0.717, 1.165) is 24.5 Å². The van der Waals surface area contributed by atoms with Crippen LogP contribution in [0.25, 0.3) is 0 Å². The van der Waals surface area contributed by atoms with Gasteiger partial charge in [0, 0.05) is 6.04 Å². The molecule has 2 rings (SSSR count). The third-order valence-electron chi connectivity index (χ3n) is 3.34. The molecule has 1 aliphatic heterocycles. The van der Waals surface area contributed by atoms with Crippen molar-refractivity contribution in [2.75, 3.05) is 20.8 Å². The highest BCUT2D eigenvalue weighted by molar-refractivity contribution is 5.43. The fourth-order valence-corrected chi connectivity index (χ4v) is 2.39. The third kappa shape index (κ3) is 3.13. The van der Waals surface area contributed by atoms with Gasteiger partial charge in [0.1, 0.15) is 0 Å². The van der Waals surface area contributed by atoms with Gasteiger partial charge < -0.3 is 14.8 Å². The monoisotopic (exact) mass is 235 g/mol. The number of methoxy groups -OCH3 is 2. The Morgan fingerprint density at radius 3 is 2.65 bits per heavy atom. The number of ether oxygens (including phenoxy) is 2. The summed E-state index contributed by atoms with van der Waals surface area (Å²) in [4.78, 5) is 0. The summed E-state index contributed by atoms with van der Waals surface area (Å²) in [6.07, 6.45) is 4.99. The van der Waals surface area contributed by atoms with Crippen LogP contribution in [0.5, 0.6) is 11.5 Å². The van der Waals surface area contributed by atoms with Crippen LogP contribution in [0.15, 0.2) is 18.2 Å². The minimum atomic E-state index is 0.613. The molecule has 0 amide bonds. The van der Waals surface area contributed by atoms with Crippen molar-refractivity contribution in [3.05, 3.63) is 23.8 Å². The average molecular weight is 235 g/mol. The van der Waals surface area contributed by atoms with Crippen LogP contribution in [0.2, 0.25) is 0 Å². The highest BCUT2D eigenvalue weighted by Gasteiger charge is 2.14. The maximum absolute atomic E-state index is 5.32. The van der Waals surface area contributed by atoms with Crippen LogP contribution < -0.4 is 14.8 Å². The number of benzene rings is 1. The van der Waals surface area contributed by atoms with Gasteiger partial charge in [-0.15, -0.1) is 0 Å². The van der Waals surface area contributed by atoms with Gasteiger partial charge in [0.2, 0.25) is 0 Å². The van der Waals surface area contributed by atoms with Gasteiger partial charge in [-0.25, -0.2) is 0 Å². The van der Waals surface area contributed by atoms with Crippen molar-refractivity contribution in [3.63, 3.8) is 0 Å². The molecular weight excluding hydrogens is 214 g/mol. The number of rotatable bonds is 4. The normalized spacial score (nSPS) is 20.0. The van der Waals surface area contributed by atoms with Crippen LogP contribution in [-0.4, -0.2) is 26.8 Å². The smallest absolute Gasteiger partial charge is 0.160 e. The summed E-state index contributed by atoms with van der Waals surface area (Å²) < 4.78 is 10.6. The van der Waals surface area contributed by atoms with E-state index >= 15 is 0 Å². The van der Waals surface area contributed by atoms with Gasteiger partial charge in [-0.05, 0) is 43.5 Å². The molecule has 0 radical (unpaired) electrons. The van der Waals surface area contributed by atoms with E-state index in [2.05, 4.69) is 17.4 Å². The summed E-state index contributed by atoms with van der Waals surface area (Å²) in [7, 11) is 3.35. The zero-order chi connectivity index (χ0) is 12.1. The second kappa shape index (κ2) is 5.92. The van der Waals surface area contributed by atoms with Crippen molar-refractivity contribution in [1.29, 1.82) is 0 Å². The molecule has 1 N–H and O–H groups in total. The molecule has 3 heteroatoms. The fraction of sp³-hybridized carbons (Fsp3) is 0.571. The summed E-state index contributed by atoms with van der Waals surface area (Å²) in [5.41, 5.74) is 1.31. The van der Waals surface area contributed by atoms with Crippen molar-refractivity contribution < 1.29 is 9.47 Å². The Hall–Kier alpha value is -1.22. The van der Waals surface area contributed by atoms with E-state index < -0.39 is 0 Å². The topological polar surface area (TPSA) is 30.5 Å². The quantitative estimate of drug-likeness (QED) is 0.869. The van der Waals surface area contributed by atoms with Gasteiger partial charge in [-0.3, -0.25) is 0 Å². The molecule has 1 atom stereocenters. The lowest BCUT2D eigenvalue weighted by molar-refractivity contribution is 0.353. The summed E-state index contributed by atoms with van der Waals surface area (Å²) >= 11 is 0. The van der Waals surface area contributed by atoms with Gasteiger partial charge in [0.05, 0.1) is 14.2 Å². The summed E-state index contributed by atoms with van der Waals surface area (Å²) in [6, 6.07) is 6.80. The molecule has 0 saturated carbocycles. The van der Waals surface area contributed by atoms with E-state index in [9.17, 15) is 0 Å². The minimum Gasteiger partial charge on any atom is -0.493 e. The van der Waals surface area contributed by atoms with Crippen molar-refractivity contribution >= 4 is 0 Å². The Balaban J connectivity index is 2.05. The molecule has 3 nitrogen and oxygen atoms in total. The lowest BCUT2D eigenvalue weighted by atomic mass is 9.97. The van der Waals surface area contributed by atoms with E-state index in [0.29, 0.717) is 6.04 Å². The zero-order valence-electron chi connectivity index (χ0n) is 10.7. The predicted octanol–water partition coefficient (Wildman–Crippen LogP) is 2.39. The molecule has 1 fully saturated rings. The highest BCUT2D eigenvalue weighted by atomic mass is 16.5. The van der Waals surface area contributed by atoms with Crippen LogP contribution in [0.3, 0.4) is 0 Å². The van der Waals surface area contributed by atoms with E-state index in [4.69, 9.17) is 9.47 Å². The van der Waals surface area contributed by atoms with Crippen LogP contribution in [0.1, 0.15) is 24.8 Å². The molecule has 0 bridgehead atoms. The first-order chi connectivity index (χ1) is 8.33. The SMILES string of the molecule is COc1ccc(C[C@@H]2CCCCN2)cc1OC. The predicted molar refractivity (Wildman–Crippen MR) is 68.9 cm³/mol. The molecule has 1 aromatic rings. The molecule has 1 aromatic carbocycles. The zero-order valence-corrected chi connectivity index (χ0v) is 10.7. The van der Waals surface area contributed by atoms with Crippen molar-refractivity contribution in [1.82, 2.24) is 5.32 Å². The number of hydrogen-bond donors (Lipinski definition) is 1. The Kier molecular flexibility index (Phi) is 4.26. The highest BCUT2D eigenvalue weighted by Crippen LogP contribution is 2.28. The molecule has 17 heavy (non-hydrogen) atoms. The summed E-state index contributed by atoms with van der Waals surface area (Å²) in [5, 5.41) is 3.56. The lowest BCUT2D eigenvalue weighted by Crippen LogP contribution is -2.35. The molecule has 0 aliphatic carbocycles. The Morgan fingerprint density at radius 2 is 2.00 bits per heavy atom. The minimum absolute atomic E-state index is 0.613. The first-order valence-corrected chi connectivity index (χ1v) is 6.28. The molecule has 0 unspecified atom stereocenters. The Labute approximate surface area is 103 Å². The van der Waals surface area contributed by atoms with Crippen molar-refractivity contribution in [2.24, 2.45) is 0 Å². The number of hydrogen-bond acceptors (Lipinski definition) is 3. The lowest BCUT2D eigenvalue weighted by Gasteiger charge is -2.23. The first-order valence-electron chi connectivity index (χ1n) is 6.28. The molecule has 0 aromatic heterocycles. The van der Waals surface area contributed by atoms with Crippen molar-refractivity contribution in [2.45, 2.75) is 31.7 Å². The second-order valence-electron chi connectivity index (χ2n) is 4.54. The standard InChI is InChI=1S/C14H21NO2/c1-16-13-7-6-11(10-14(13)17-2)9-12-5-3-4-8-15-12/h6-7,10,12,15H,3-5,8-9H2,1-2H3/t12-/m0/s1. The van der Waals surface area contributed by atoms with Crippen LogP contribution in [0.4, 0.5) is 0 Å². The average Bonchev–Trinajstić information content (AvgIpc) is 2.40. The van der Waals surface area contributed by atoms with Gasteiger partial charge >= 0.3 is 0 Å².